The molecule has 0 radical (unpaired) electrons. The number of carboxylic acid groups (broad SMARTS) is 1. The number of hydrogen-bond donors (Lipinski definition) is 5. The zero-order chi connectivity index (χ0) is 14.7. The highest BCUT2D eigenvalue weighted by molar-refractivity contribution is 9.27. The molecule has 0 rings (SSSR count). The summed E-state index contributed by atoms with van der Waals surface area (Å²) < 4.78 is 2.79. The summed E-state index contributed by atoms with van der Waals surface area (Å²) in [5, 5.41) is 8.77. The molecule has 5 nitrogen and oxygen atoms in total. The first-order valence-corrected chi connectivity index (χ1v) is 11.3. The third kappa shape index (κ3) is 10.5. The predicted molar refractivity (Wildman–Crippen MR) is 94.8 cm³/mol. The van der Waals surface area contributed by atoms with Crippen molar-refractivity contribution in [3.8, 4) is 0 Å². The summed E-state index contributed by atoms with van der Waals surface area (Å²) in [4.78, 5) is 22.3. The molecule has 0 saturated heterocycles. The first kappa shape index (κ1) is 20.2. The average Bonchev–Trinajstić information content (AvgIpc) is 2.36. The normalized spacial score (nSPS) is 14.1. The van der Waals surface area contributed by atoms with Crippen LogP contribution in [0, 0.1) is 0 Å². The molecule has 0 amide bonds. The van der Waals surface area contributed by atoms with Gasteiger partial charge in [-0.1, -0.05) is 0 Å². The molecule has 0 bridgehead atoms. The van der Waals surface area contributed by atoms with E-state index < -0.39 is 18.1 Å². The van der Waals surface area contributed by atoms with Crippen LogP contribution in [0.25, 0.3) is 0 Å². The fraction of sp³-hybridized carbons (Fsp3) is 0.750. The smallest absolute Gasteiger partial charge is 0.321 e. The van der Waals surface area contributed by atoms with E-state index in [-0.39, 0.29) is 5.12 Å². The number of thiol groups is 2. The lowest BCUT2D eigenvalue weighted by molar-refractivity contribution is -0.138. The molecule has 112 valence electrons. The van der Waals surface area contributed by atoms with Gasteiger partial charge in [-0.2, -0.15) is 25.3 Å². The van der Waals surface area contributed by atoms with Crippen molar-refractivity contribution >= 4 is 77.8 Å². The van der Waals surface area contributed by atoms with Crippen LogP contribution in [0.2, 0.25) is 0 Å². The molecule has 19 heavy (non-hydrogen) atoms. The van der Waals surface area contributed by atoms with Gasteiger partial charge in [0.2, 0.25) is 5.12 Å². The molecule has 0 aromatic heterocycles. The lowest BCUT2D eigenvalue weighted by atomic mass is 10.2. The Morgan fingerprint density at radius 1 is 1.21 bits per heavy atom. The summed E-state index contributed by atoms with van der Waals surface area (Å²) in [6.45, 7) is 0. The maximum Gasteiger partial charge on any atom is 0.321 e. The summed E-state index contributed by atoms with van der Waals surface area (Å²) in [5.41, 5.74) is 5.62. The second kappa shape index (κ2) is 12.9. The largest absolute Gasteiger partial charge is 0.480 e. The first-order chi connectivity index (χ1) is 9.02. The minimum absolute atomic E-state index is 0.0997. The topological polar surface area (TPSA) is 92.4 Å². The van der Waals surface area contributed by atoms with Crippen LogP contribution in [0.5, 0.6) is 0 Å². The number of nitrogens with one attached hydrogen (secondary N) is 1. The van der Waals surface area contributed by atoms with Crippen LogP contribution in [0.3, 0.4) is 0 Å². The van der Waals surface area contributed by atoms with Crippen molar-refractivity contribution in [3.63, 3.8) is 0 Å². The number of aliphatic carboxylic acids is 1. The Balaban J connectivity index is 3.68. The fourth-order valence-corrected chi connectivity index (χ4v) is 6.26. The van der Waals surface area contributed by atoms with E-state index in [0.717, 1.165) is 10.8 Å². The van der Waals surface area contributed by atoms with Crippen LogP contribution >= 0.6 is 66.7 Å². The summed E-state index contributed by atoms with van der Waals surface area (Å²) >= 11 is 8.00. The van der Waals surface area contributed by atoms with E-state index in [0.29, 0.717) is 24.3 Å². The van der Waals surface area contributed by atoms with Gasteiger partial charge in [0, 0.05) is 20.8 Å². The zero-order valence-corrected chi connectivity index (χ0v) is 14.9. The number of carbonyl (C=O) groups is 2. The molecule has 0 spiro atoms. The van der Waals surface area contributed by atoms with Gasteiger partial charge in [0.25, 0.3) is 0 Å². The minimum atomic E-state index is -0.910. The van der Waals surface area contributed by atoms with Crippen LogP contribution in [0.4, 0.5) is 0 Å². The van der Waals surface area contributed by atoms with E-state index in [4.69, 9.17) is 10.8 Å². The monoisotopic (exact) mass is 380 g/mol. The highest BCUT2D eigenvalue weighted by Gasteiger charge is 2.17. The Hall–Kier alpha value is 1.16. The quantitative estimate of drug-likeness (QED) is 0.160. The van der Waals surface area contributed by atoms with Crippen LogP contribution in [0.15, 0.2) is 0 Å². The highest BCUT2D eigenvalue weighted by atomic mass is 33.7. The molecule has 0 aliphatic heterocycles. The van der Waals surface area contributed by atoms with Crippen molar-refractivity contribution in [2.24, 2.45) is 5.73 Å². The van der Waals surface area contributed by atoms with E-state index >= 15 is 0 Å². The Bertz CT molecular complexity index is 283. The molecule has 0 unspecified atom stereocenters. The summed E-state index contributed by atoms with van der Waals surface area (Å²) in [6, 6.07) is -1.13. The predicted octanol–water partition coefficient (Wildman–Crippen LogP) is 2.12. The lowest BCUT2D eigenvalue weighted by Crippen LogP contribution is -2.31. The van der Waals surface area contributed by atoms with Gasteiger partial charge in [0.05, 0.1) is 6.04 Å². The van der Waals surface area contributed by atoms with Crippen molar-refractivity contribution in [3.05, 3.63) is 0 Å². The lowest BCUT2D eigenvalue weighted by Gasteiger charge is -2.11. The van der Waals surface area contributed by atoms with Crippen molar-refractivity contribution in [1.82, 2.24) is 4.72 Å². The molecule has 0 aliphatic carbocycles. The molecule has 0 fully saturated rings. The van der Waals surface area contributed by atoms with Gasteiger partial charge < -0.3 is 10.8 Å². The van der Waals surface area contributed by atoms with Crippen LogP contribution in [0.1, 0.15) is 12.8 Å². The van der Waals surface area contributed by atoms with E-state index in [2.05, 4.69) is 30.0 Å². The number of hydrogen-bond acceptors (Lipinski definition) is 10. The van der Waals surface area contributed by atoms with Gasteiger partial charge in [-0.15, -0.1) is 0 Å². The molecule has 0 aromatic carbocycles. The molecule has 0 saturated carbocycles. The zero-order valence-electron chi connectivity index (χ0n) is 9.85. The molecule has 4 N–H and O–H groups in total. The van der Waals surface area contributed by atoms with Gasteiger partial charge >= 0.3 is 5.97 Å². The fourth-order valence-electron chi connectivity index (χ4n) is 0.820. The van der Waals surface area contributed by atoms with Crippen LogP contribution in [-0.2, 0) is 9.59 Å². The van der Waals surface area contributed by atoms with E-state index in [1.807, 2.05) is 0 Å². The third-order valence-corrected chi connectivity index (χ3v) is 7.96. The van der Waals surface area contributed by atoms with Crippen molar-refractivity contribution in [2.45, 2.75) is 24.9 Å². The molecule has 0 aromatic rings. The van der Waals surface area contributed by atoms with Gasteiger partial charge in [-0.3, -0.25) is 9.59 Å². The number of carboxylic acids is 1. The van der Waals surface area contributed by atoms with Gasteiger partial charge in [0.1, 0.15) is 6.04 Å². The maximum absolute atomic E-state index is 11.5. The second-order valence-corrected chi connectivity index (χ2v) is 9.67. The SMILES string of the molecule is N[C@@H](CCS)C(=O)SSSSN[C@@H](CCS)C(=O)O. The Morgan fingerprint density at radius 3 is 2.37 bits per heavy atom. The highest BCUT2D eigenvalue weighted by Crippen LogP contribution is 2.42. The number of rotatable bonds is 11. The summed E-state index contributed by atoms with van der Waals surface area (Å²) in [5.74, 6) is 0.159. The third-order valence-electron chi connectivity index (χ3n) is 1.83. The Labute approximate surface area is 138 Å². The van der Waals surface area contributed by atoms with Crippen LogP contribution in [-0.4, -0.2) is 39.8 Å². The van der Waals surface area contributed by atoms with Crippen molar-refractivity contribution < 1.29 is 14.7 Å². The molecular formula is C8H16N2O3S6. The first-order valence-electron chi connectivity index (χ1n) is 5.19. The summed E-state index contributed by atoms with van der Waals surface area (Å²) in [7, 11) is 4.78. The average molecular weight is 381 g/mol. The Morgan fingerprint density at radius 2 is 1.84 bits per heavy atom. The van der Waals surface area contributed by atoms with Gasteiger partial charge in [-0.25, -0.2) is 4.72 Å². The van der Waals surface area contributed by atoms with E-state index in [1.165, 1.54) is 30.6 Å². The van der Waals surface area contributed by atoms with E-state index in [9.17, 15) is 9.59 Å². The number of nitrogens with two attached hydrogens (primary N) is 1. The van der Waals surface area contributed by atoms with Gasteiger partial charge in [0.15, 0.2) is 0 Å². The maximum atomic E-state index is 11.5. The van der Waals surface area contributed by atoms with E-state index in [1.54, 1.807) is 0 Å². The number of carbonyl (C=O) groups excluding carboxylic acids is 1. The van der Waals surface area contributed by atoms with Crippen LogP contribution < -0.4 is 10.5 Å². The van der Waals surface area contributed by atoms with Crippen molar-refractivity contribution in [2.75, 3.05) is 11.5 Å². The summed E-state index contributed by atoms with van der Waals surface area (Å²) in [6.07, 6.45) is 0.990. The molecule has 11 heteroatoms. The molecular weight excluding hydrogens is 365 g/mol. The standard InChI is InChI=1S/C8H16N2O3S6/c9-5(1-3-14)8(13)16-18-19-17-10-6(2-4-15)7(11)12/h5-6,10,14-15H,1-4,9H2,(H,11,12)/t5-,6-/m0/s1. The molecule has 0 aliphatic rings. The minimum Gasteiger partial charge on any atom is -0.480 e. The molecule has 2 atom stereocenters. The second-order valence-electron chi connectivity index (χ2n) is 3.26. The molecule has 0 heterocycles. The van der Waals surface area contributed by atoms with Crippen molar-refractivity contribution in [1.29, 1.82) is 0 Å². The van der Waals surface area contributed by atoms with Gasteiger partial charge in [-0.05, 0) is 45.0 Å². The Kier molecular flexibility index (Phi) is 13.7.